The number of fused-ring (bicyclic) bond motifs is 2. The summed E-state index contributed by atoms with van der Waals surface area (Å²) in [5.41, 5.74) is 4.62. The first kappa shape index (κ1) is 24.0. The number of likely N-dealkylation sites (tertiary alicyclic amines) is 1. The molecule has 8 nitrogen and oxygen atoms in total. The number of aryl methyl sites for hydroxylation is 2. The Bertz CT molecular complexity index is 1480. The van der Waals surface area contributed by atoms with Crippen LogP contribution in [0, 0.1) is 5.41 Å². The van der Waals surface area contributed by atoms with Gasteiger partial charge in [-0.1, -0.05) is 6.92 Å². The van der Waals surface area contributed by atoms with Gasteiger partial charge < -0.3 is 24.1 Å². The smallest absolute Gasteiger partial charge is 0.254 e. The van der Waals surface area contributed by atoms with Crippen molar-refractivity contribution in [3.63, 3.8) is 0 Å². The van der Waals surface area contributed by atoms with Gasteiger partial charge in [0.05, 0.1) is 18.3 Å². The first-order chi connectivity index (χ1) is 18.0. The van der Waals surface area contributed by atoms with Crippen molar-refractivity contribution in [2.45, 2.75) is 52.1 Å². The number of hydrogen-bond acceptors (Lipinski definition) is 5. The Hall–Kier alpha value is -3.39. The molecule has 1 aliphatic heterocycles. The predicted molar refractivity (Wildman–Crippen MR) is 146 cm³/mol. The Kier molecular flexibility index (Phi) is 5.94. The van der Waals surface area contributed by atoms with E-state index in [0.717, 1.165) is 72.6 Å². The molecule has 0 radical (unpaired) electrons. The molecule has 1 N–H and O–H groups in total. The number of piperidine rings is 1. The second-order valence-corrected chi connectivity index (χ2v) is 10.6. The summed E-state index contributed by atoms with van der Waals surface area (Å²) >= 11 is 0. The highest BCUT2D eigenvalue weighted by Gasteiger charge is 2.52. The minimum absolute atomic E-state index is 0.0538. The van der Waals surface area contributed by atoms with Crippen molar-refractivity contribution in [1.29, 1.82) is 0 Å². The Morgan fingerprint density at radius 1 is 1.22 bits per heavy atom. The lowest BCUT2D eigenvalue weighted by Crippen LogP contribution is -2.53. The number of methoxy groups -OCH3 is 1. The van der Waals surface area contributed by atoms with Crippen LogP contribution in [0.4, 0.5) is 0 Å². The zero-order chi connectivity index (χ0) is 25.7. The van der Waals surface area contributed by atoms with Crippen molar-refractivity contribution in [1.82, 2.24) is 29.3 Å². The minimum atomic E-state index is 0.0538. The number of carbonyl (C=O) groups is 1. The van der Waals surface area contributed by atoms with Crippen LogP contribution >= 0.6 is 0 Å². The number of ether oxygens (including phenoxy) is 1. The van der Waals surface area contributed by atoms with Crippen molar-refractivity contribution in [3.05, 3.63) is 42.1 Å². The lowest BCUT2D eigenvalue weighted by molar-refractivity contribution is 0.0615. The molecular weight excluding hydrogens is 464 g/mol. The molecule has 194 valence electrons. The summed E-state index contributed by atoms with van der Waals surface area (Å²) in [4.78, 5) is 25.4. The summed E-state index contributed by atoms with van der Waals surface area (Å²) in [5, 5.41) is 4.80. The molecule has 1 amide bonds. The second kappa shape index (κ2) is 9.17. The lowest BCUT2D eigenvalue weighted by atomic mass is 9.87. The van der Waals surface area contributed by atoms with Crippen LogP contribution in [-0.4, -0.2) is 62.7 Å². The standard InChI is InChI=1S/C29H36N6O2/c1-5-12-30-24-18-34(14-11-29(24)9-10-29)28(36)20-15-21-25(23(17-20)37-4)33(3)27(32-21)22-16-19-8-7-13-31-26(19)35(22)6-2/h7-8,13,15-17,24,30H,5-6,9-12,14,18H2,1-4H3. The normalized spacial score (nSPS) is 18.7. The van der Waals surface area contributed by atoms with Gasteiger partial charge in [0.15, 0.2) is 5.82 Å². The van der Waals surface area contributed by atoms with E-state index in [1.54, 1.807) is 7.11 Å². The molecular formula is C29H36N6O2. The molecule has 3 aromatic heterocycles. The zero-order valence-electron chi connectivity index (χ0n) is 22.3. The number of hydrogen-bond donors (Lipinski definition) is 1. The van der Waals surface area contributed by atoms with Gasteiger partial charge >= 0.3 is 0 Å². The monoisotopic (exact) mass is 500 g/mol. The summed E-state index contributed by atoms with van der Waals surface area (Å²) in [6.07, 6.45) is 6.54. The molecule has 1 saturated carbocycles. The van der Waals surface area contributed by atoms with Crippen molar-refractivity contribution < 1.29 is 9.53 Å². The van der Waals surface area contributed by atoms with Gasteiger partial charge in [-0.05, 0) is 74.9 Å². The molecule has 1 atom stereocenters. The first-order valence-electron chi connectivity index (χ1n) is 13.5. The highest BCUT2D eigenvalue weighted by molar-refractivity contribution is 6.00. The maximum Gasteiger partial charge on any atom is 0.254 e. The van der Waals surface area contributed by atoms with Crippen molar-refractivity contribution in [2.24, 2.45) is 12.5 Å². The SMILES string of the molecule is CCCNC1CN(C(=O)c2cc(OC)c3c(c2)nc(-c2cc4cccnc4n2CC)n3C)CCC12CC2. The molecule has 0 bridgehead atoms. The molecule has 4 heterocycles. The summed E-state index contributed by atoms with van der Waals surface area (Å²) in [6, 6.07) is 10.3. The third-order valence-corrected chi connectivity index (χ3v) is 8.44. The fourth-order valence-electron chi connectivity index (χ4n) is 6.17. The second-order valence-electron chi connectivity index (χ2n) is 10.6. The number of nitrogens with zero attached hydrogens (tertiary/aromatic N) is 5. The van der Waals surface area contributed by atoms with Crippen LogP contribution in [0.1, 0.15) is 49.9 Å². The molecule has 1 spiro atoms. The summed E-state index contributed by atoms with van der Waals surface area (Å²) < 4.78 is 10.0. The Labute approximate surface area is 217 Å². The topological polar surface area (TPSA) is 77.2 Å². The number of nitrogens with one attached hydrogen (secondary N) is 1. The van der Waals surface area contributed by atoms with E-state index in [1.165, 1.54) is 12.8 Å². The van der Waals surface area contributed by atoms with Gasteiger partial charge in [0.2, 0.25) is 0 Å². The zero-order valence-corrected chi connectivity index (χ0v) is 22.3. The number of amides is 1. The van der Waals surface area contributed by atoms with Gasteiger partial charge in [-0.3, -0.25) is 4.79 Å². The summed E-state index contributed by atoms with van der Waals surface area (Å²) in [5.74, 6) is 1.55. The molecule has 6 rings (SSSR count). The van der Waals surface area contributed by atoms with Crippen LogP contribution in [0.5, 0.6) is 5.75 Å². The van der Waals surface area contributed by atoms with Crippen LogP contribution in [0.15, 0.2) is 36.5 Å². The summed E-state index contributed by atoms with van der Waals surface area (Å²) in [6.45, 7) is 7.65. The largest absolute Gasteiger partial charge is 0.494 e. The van der Waals surface area contributed by atoms with Crippen LogP contribution < -0.4 is 10.1 Å². The van der Waals surface area contributed by atoms with Crippen LogP contribution in [0.2, 0.25) is 0 Å². The average molecular weight is 501 g/mol. The first-order valence-corrected chi connectivity index (χ1v) is 13.5. The number of pyridine rings is 1. The van der Waals surface area contributed by atoms with E-state index in [4.69, 9.17) is 9.72 Å². The molecule has 8 heteroatoms. The highest BCUT2D eigenvalue weighted by atomic mass is 16.5. The molecule has 37 heavy (non-hydrogen) atoms. The number of carbonyl (C=O) groups excluding carboxylic acids is 1. The van der Waals surface area contributed by atoms with Gasteiger partial charge in [-0.15, -0.1) is 0 Å². The maximum absolute atomic E-state index is 13.7. The van der Waals surface area contributed by atoms with Crippen molar-refractivity contribution in [3.8, 4) is 17.3 Å². The van der Waals surface area contributed by atoms with Gasteiger partial charge in [0.1, 0.15) is 16.9 Å². The quantitative estimate of drug-likeness (QED) is 0.401. The van der Waals surface area contributed by atoms with Gasteiger partial charge in [-0.25, -0.2) is 9.97 Å². The Morgan fingerprint density at radius 3 is 2.78 bits per heavy atom. The fourth-order valence-corrected chi connectivity index (χ4v) is 6.17. The van der Waals surface area contributed by atoms with E-state index in [1.807, 2.05) is 36.3 Å². The van der Waals surface area contributed by atoms with E-state index in [0.29, 0.717) is 22.8 Å². The lowest BCUT2D eigenvalue weighted by Gasteiger charge is -2.39. The number of imidazole rings is 1. The third-order valence-electron chi connectivity index (χ3n) is 8.44. The average Bonchev–Trinajstić information content (AvgIpc) is 3.48. The number of benzene rings is 1. The van der Waals surface area contributed by atoms with E-state index < -0.39 is 0 Å². The van der Waals surface area contributed by atoms with Crippen molar-refractivity contribution in [2.75, 3.05) is 26.7 Å². The molecule has 1 saturated heterocycles. The van der Waals surface area contributed by atoms with E-state index in [-0.39, 0.29) is 5.91 Å². The predicted octanol–water partition coefficient (Wildman–Crippen LogP) is 4.61. The Morgan fingerprint density at radius 2 is 2.05 bits per heavy atom. The van der Waals surface area contributed by atoms with E-state index in [9.17, 15) is 4.79 Å². The molecule has 1 aromatic carbocycles. The van der Waals surface area contributed by atoms with Crippen LogP contribution in [0.3, 0.4) is 0 Å². The molecule has 4 aromatic rings. The highest BCUT2D eigenvalue weighted by Crippen LogP contribution is 2.53. The van der Waals surface area contributed by atoms with Gasteiger partial charge in [-0.2, -0.15) is 0 Å². The summed E-state index contributed by atoms with van der Waals surface area (Å²) in [7, 11) is 3.66. The third kappa shape index (κ3) is 3.89. The van der Waals surface area contributed by atoms with Crippen molar-refractivity contribution >= 4 is 28.0 Å². The molecule has 2 fully saturated rings. The minimum Gasteiger partial charge on any atom is -0.494 e. The Balaban J connectivity index is 1.37. The van der Waals surface area contributed by atoms with E-state index in [2.05, 4.69) is 45.4 Å². The number of rotatable bonds is 7. The van der Waals surface area contributed by atoms with Gasteiger partial charge in [0.25, 0.3) is 5.91 Å². The molecule has 2 aliphatic rings. The van der Waals surface area contributed by atoms with Crippen LogP contribution in [-0.2, 0) is 13.6 Å². The maximum atomic E-state index is 13.7. The molecule has 1 aliphatic carbocycles. The van der Waals surface area contributed by atoms with Crippen LogP contribution in [0.25, 0.3) is 33.6 Å². The number of aromatic nitrogens is 4. The van der Waals surface area contributed by atoms with Gasteiger partial charge in [0, 0.05) is 49.9 Å². The van der Waals surface area contributed by atoms with E-state index >= 15 is 0 Å². The molecule has 1 unspecified atom stereocenters. The fraction of sp³-hybridized carbons (Fsp3) is 0.483.